The highest BCUT2D eigenvalue weighted by atomic mass is 32.2. The Labute approximate surface area is 234 Å². The van der Waals surface area contributed by atoms with Crippen molar-refractivity contribution < 1.29 is 13.2 Å². The Balaban J connectivity index is 1.66. The Bertz CT molecular complexity index is 1080. The van der Waals surface area contributed by atoms with E-state index in [0.717, 1.165) is 50.9 Å². The molecule has 1 heterocycles. The normalized spacial score (nSPS) is 15.4. The summed E-state index contributed by atoms with van der Waals surface area (Å²) in [6.07, 6.45) is 7.36. The average molecular weight is 562 g/mol. The Morgan fingerprint density at radius 2 is 1.79 bits per heavy atom. The molecule has 3 rings (SSSR count). The molecule has 2 aromatic rings. The number of benzene rings is 1. The smallest absolute Gasteiger partial charge is 0.318 e. The van der Waals surface area contributed by atoms with Crippen LogP contribution in [0.25, 0.3) is 0 Å². The highest BCUT2D eigenvalue weighted by molar-refractivity contribution is 7.89. The maximum absolute atomic E-state index is 13.0. The van der Waals surface area contributed by atoms with Crippen LogP contribution in [-0.2, 0) is 23.0 Å². The molecule has 1 aliphatic rings. The lowest BCUT2D eigenvalue weighted by Gasteiger charge is -2.27. The quantitative estimate of drug-likeness (QED) is 0.285. The molecule has 1 aliphatic carbocycles. The van der Waals surface area contributed by atoms with Gasteiger partial charge < -0.3 is 15.1 Å². The lowest BCUT2D eigenvalue weighted by Crippen LogP contribution is -2.45. The molecule has 1 aromatic carbocycles. The van der Waals surface area contributed by atoms with E-state index in [-0.39, 0.29) is 24.4 Å². The van der Waals surface area contributed by atoms with Crippen LogP contribution < -0.4 is 10.0 Å². The number of nitrogens with zero attached hydrogens (tertiary/aromatic N) is 4. The Morgan fingerprint density at radius 3 is 2.46 bits per heavy atom. The SMILES string of the molecule is CCN(CC)CCCS(=O)(=O)N[C@H](CCc1ccccc1)c1nc(CN(CC)C(=O)NC2CCCCC2)n[nH]1. The fourth-order valence-electron chi connectivity index (χ4n) is 5.05. The van der Waals surface area contributed by atoms with Gasteiger partial charge in [-0.3, -0.25) is 5.10 Å². The molecule has 39 heavy (non-hydrogen) atoms. The van der Waals surface area contributed by atoms with Crippen LogP contribution in [-0.4, -0.2) is 77.4 Å². The predicted octanol–water partition coefficient (Wildman–Crippen LogP) is 3.99. The number of hydrogen-bond donors (Lipinski definition) is 3. The Hall–Kier alpha value is -2.50. The number of aryl methyl sites for hydroxylation is 1. The van der Waals surface area contributed by atoms with Crippen molar-refractivity contribution in [2.45, 2.75) is 90.8 Å². The highest BCUT2D eigenvalue weighted by Crippen LogP contribution is 2.20. The monoisotopic (exact) mass is 561 g/mol. The van der Waals surface area contributed by atoms with Gasteiger partial charge in [-0.1, -0.05) is 63.4 Å². The molecule has 10 nitrogen and oxygen atoms in total. The van der Waals surface area contributed by atoms with Crippen molar-refractivity contribution in [1.29, 1.82) is 0 Å². The highest BCUT2D eigenvalue weighted by Gasteiger charge is 2.25. The second-order valence-electron chi connectivity index (χ2n) is 10.3. The summed E-state index contributed by atoms with van der Waals surface area (Å²) >= 11 is 0. The molecular weight excluding hydrogens is 514 g/mol. The van der Waals surface area contributed by atoms with Crippen LogP contribution >= 0.6 is 0 Å². The van der Waals surface area contributed by atoms with Crippen molar-refractivity contribution in [2.24, 2.45) is 0 Å². The molecule has 2 amide bonds. The van der Waals surface area contributed by atoms with Gasteiger partial charge in [0.15, 0.2) is 5.82 Å². The second kappa shape index (κ2) is 15.9. The minimum Gasteiger partial charge on any atom is -0.335 e. The van der Waals surface area contributed by atoms with Crippen molar-refractivity contribution in [1.82, 2.24) is 35.0 Å². The third-order valence-electron chi connectivity index (χ3n) is 7.48. The first-order valence-electron chi connectivity index (χ1n) is 14.6. The van der Waals surface area contributed by atoms with E-state index in [0.29, 0.717) is 37.5 Å². The molecule has 1 atom stereocenters. The zero-order chi connectivity index (χ0) is 28.1. The van der Waals surface area contributed by atoms with E-state index in [1.807, 2.05) is 37.3 Å². The van der Waals surface area contributed by atoms with Gasteiger partial charge >= 0.3 is 6.03 Å². The summed E-state index contributed by atoms with van der Waals surface area (Å²) in [5.74, 6) is 0.991. The third-order valence-corrected chi connectivity index (χ3v) is 8.95. The summed E-state index contributed by atoms with van der Waals surface area (Å²) in [6.45, 7) is 9.42. The van der Waals surface area contributed by atoms with Gasteiger partial charge in [-0.25, -0.2) is 22.9 Å². The summed E-state index contributed by atoms with van der Waals surface area (Å²) in [4.78, 5) is 21.4. The summed E-state index contributed by atoms with van der Waals surface area (Å²) in [6, 6.07) is 9.56. The van der Waals surface area contributed by atoms with Crippen molar-refractivity contribution >= 4 is 16.1 Å². The number of carbonyl (C=O) groups excluding carboxylic acids is 1. The van der Waals surface area contributed by atoms with Gasteiger partial charge in [-0.05, 0) is 64.2 Å². The van der Waals surface area contributed by atoms with Crippen LogP contribution in [0.2, 0.25) is 0 Å². The van der Waals surface area contributed by atoms with E-state index in [1.165, 1.54) is 6.42 Å². The molecule has 0 radical (unpaired) electrons. The minimum atomic E-state index is -3.53. The fraction of sp³-hybridized carbons (Fsp3) is 0.679. The molecule has 0 bridgehead atoms. The zero-order valence-electron chi connectivity index (χ0n) is 23.9. The first-order valence-corrected chi connectivity index (χ1v) is 16.2. The van der Waals surface area contributed by atoms with Gasteiger partial charge in [-0.2, -0.15) is 5.10 Å². The Morgan fingerprint density at radius 1 is 1.08 bits per heavy atom. The molecule has 0 saturated heterocycles. The van der Waals surface area contributed by atoms with Crippen LogP contribution in [0.4, 0.5) is 4.79 Å². The van der Waals surface area contributed by atoms with Gasteiger partial charge in [-0.15, -0.1) is 0 Å². The molecule has 1 fully saturated rings. The standard InChI is InChI=1S/C28H47N7O3S/c1-4-34(5-2)20-13-21-39(37,38)33-25(19-18-23-14-9-7-10-15-23)27-30-26(31-32-27)22-35(6-3)28(36)29-24-16-11-8-12-17-24/h7,9-10,14-15,24-25,33H,4-6,8,11-13,16-22H2,1-3H3,(H,29,36)(H,30,31,32)/t25-/m1/s1. The van der Waals surface area contributed by atoms with Gasteiger partial charge in [0.1, 0.15) is 5.82 Å². The maximum atomic E-state index is 13.0. The Kier molecular flexibility index (Phi) is 12.7. The van der Waals surface area contributed by atoms with Crippen LogP contribution in [0.3, 0.4) is 0 Å². The number of aromatic amines is 1. The molecule has 1 saturated carbocycles. The van der Waals surface area contributed by atoms with Gasteiger partial charge in [0.2, 0.25) is 10.0 Å². The first kappa shape index (κ1) is 31.0. The first-order chi connectivity index (χ1) is 18.8. The number of sulfonamides is 1. The number of nitrogens with one attached hydrogen (secondary N) is 3. The van der Waals surface area contributed by atoms with Crippen LogP contribution in [0.1, 0.15) is 89.0 Å². The van der Waals surface area contributed by atoms with Crippen molar-refractivity contribution in [3.8, 4) is 0 Å². The summed E-state index contributed by atoms with van der Waals surface area (Å²) in [7, 11) is -3.53. The van der Waals surface area contributed by atoms with Crippen LogP contribution in [0, 0.1) is 0 Å². The second-order valence-corrected chi connectivity index (χ2v) is 12.2. The lowest BCUT2D eigenvalue weighted by molar-refractivity contribution is 0.189. The molecule has 0 unspecified atom stereocenters. The molecule has 3 N–H and O–H groups in total. The number of rotatable bonds is 16. The van der Waals surface area contributed by atoms with Crippen LogP contribution in [0.5, 0.6) is 0 Å². The molecule has 11 heteroatoms. The van der Waals surface area contributed by atoms with Gasteiger partial charge in [0.25, 0.3) is 0 Å². The lowest BCUT2D eigenvalue weighted by atomic mass is 9.96. The van der Waals surface area contributed by atoms with Gasteiger partial charge in [0, 0.05) is 12.6 Å². The fourth-order valence-corrected chi connectivity index (χ4v) is 6.34. The summed E-state index contributed by atoms with van der Waals surface area (Å²) in [5, 5.41) is 10.5. The largest absolute Gasteiger partial charge is 0.335 e. The average Bonchev–Trinajstić information content (AvgIpc) is 3.41. The molecular formula is C28H47N7O3S. The summed E-state index contributed by atoms with van der Waals surface area (Å²) < 4.78 is 29.0. The van der Waals surface area contributed by atoms with E-state index in [1.54, 1.807) is 4.90 Å². The van der Waals surface area contributed by atoms with E-state index in [2.05, 4.69) is 44.0 Å². The number of H-pyrrole nitrogens is 1. The van der Waals surface area contributed by atoms with E-state index in [4.69, 9.17) is 0 Å². The van der Waals surface area contributed by atoms with E-state index < -0.39 is 16.1 Å². The molecule has 0 aliphatic heterocycles. The van der Waals surface area contributed by atoms with Crippen molar-refractivity contribution in [2.75, 3.05) is 31.9 Å². The number of urea groups is 1. The number of amides is 2. The van der Waals surface area contributed by atoms with E-state index in [9.17, 15) is 13.2 Å². The molecule has 1 aromatic heterocycles. The minimum absolute atomic E-state index is 0.0529. The van der Waals surface area contributed by atoms with E-state index >= 15 is 0 Å². The predicted molar refractivity (Wildman–Crippen MR) is 155 cm³/mol. The zero-order valence-corrected chi connectivity index (χ0v) is 24.7. The number of hydrogen-bond acceptors (Lipinski definition) is 6. The van der Waals surface area contributed by atoms with Crippen molar-refractivity contribution in [3.63, 3.8) is 0 Å². The van der Waals surface area contributed by atoms with Crippen LogP contribution in [0.15, 0.2) is 30.3 Å². The third kappa shape index (κ3) is 10.5. The number of aromatic nitrogens is 3. The summed E-state index contributed by atoms with van der Waals surface area (Å²) in [5.41, 5.74) is 1.12. The topological polar surface area (TPSA) is 123 Å². The molecule has 0 spiro atoms. The maximum Gasteiger partial charge on any atom is 0.318 e. The molecule has 218 valence electrons. The number of carbonyl (C=O) groups is 1. The van der Waals surface area contributed by atoms with Gasteiger partial charge in [0.05, 0.1) is 18.3 Å². The van der Waals surface area contributed by atoms with Crippen molar-refractivity contribution in [3.05, 3.63) is 47.5 Å².